The third kappa shape index (κ3) is 4.58. The molecule has 106 valence electrons. The van der Waals surface area contributed by atoms with Gasteiger partial charge in [0.1, 0.15) is 0 Å². The molecule has 3 atom stereocenters. The van der Waals surface area contributed by atoms with Gasteiger partial charge >= 0.3 is 0 Å². The van der Waals surface area contributed by atoms with Gasteiger partial charge < -0.3 is 15.7 Å². The van der Waals surface area contributed by atoms with E-state index in [0.717, 1.165) is 32.2 Å². The Bertz CT molecular complexity index is 254. The fourth-order valence-corrected chi connectivity index (χ4v) is 2.72. The minimum absolute atomic E-state index is 0.105. The molecule has 1 rings (SSSR count). The second-order valence-electron chi connectivity index (χ2n) is 5.47. The summed E-state index contributed by atoms with van der Waals surface area (Å²) in [7, 11) is 0. The van der Waals surface area contributed by atoms with Crippen molar-refractivity contribution in [2.24, 2.45) is 11.8 Å². The average Bonchev–Trinajstić information content (AvgIpc) is 2.37. The molecule has 4 heteroatoms. The minimum atomic E-state index is -0.414. The van der Waals surface area contributed by atoms with Crippen LogP contribution in [-0.2, 0) is 4.79 Å². The second-order valence-corrected chi connectivity index (χ2v) is 5.47. The Hall–Kier alpha value is -0.610. The highest BCUT2D eigenvalue weighted by atomic mass is 16.3. The van der Waals surface area contributed by atoms with Gasteiger partial charge in [0.2, 0.25) is 5.91 Å². The summed E-state index contributed by atoms with van der Waals surface area (Å²) in [5.41, 5.74) is 0. The Labute approximate surface area is 111 Å². The first kappa shape index (κ1) is 15.4. The number of aliphatic hydroxyl groups excluding tert-OH is 1. The van der Waals surface area contributed by atoms with E-state index in [9.17, 15) is 9.90 Å². The van der Waals surface area contributed by atoms with Crippen LogP contribution in [0.1, 0.15) is 46.5 Å². The first-order valence-electron chi connectivity index (χ1n) is 7.27. The molecular formula is C14H28N2O2. The molecule has 1 aliphatic heterocycles. The van der Waals surface area contributed by atoms with E-state index in [2.05, 4.69) is 31.4 Å². The fraction of sp³-hybridized carbons (Fsp3) is 0.929. The Morgan fingerprint density at radius 2 is 2.11 bits per heavy atom. The summed E-state index contributed by atoms with van der Waals surface area (Å²) in [6.45, 7) is 7.57. The molecule has 0 aliphatic carbocycles. The Balaban J connectivity index is 2.31. The van der Waals surface area contributed by atoms with Crippen LogP contribution in [0.3, 0.4) is 0 Å². The van der Waals surface area contributed by atoms with E-state index in [4.69, 9.17) is 0 Å². The van der Waals surface area contributed by atoms with Crippen molar-refractivity contribution in [3.8, 4) is 0 Å². The molecule has 1 heterocycles. The SMILES string of the molecule is CCC(CC)C(O)CNC(=O)[C@H]1CCN[C@@H](C)C1. The maximum Gasteiger partial charge on any atom is 0.223 e. The van der Waals surface area contributed by atoms with Crippen LogP contribution in [0, 0.1) is 11.8 Å². The van der Waals surface area contributed by atoms with Crippen molar-refractivity contribution >= 4 is 5.91 Å². The van der Waals surface area contributed by atoms with Crippen molar-refractivity contribution in [3.05, 3.63) is 0 Å². The zero-order valence-electron chi connectivity index (χ0n) is 11.9. The second kappa shape index (κ2) is 7.74. The number of rotatable bonds is 6. The molecule has 4 nitrogen and oxygen atoms in total. The maximum atomic E-state index is 12.0. The quantitative estimate of drug-likeness (QED) is 0.671. The summed E-state index contributed by atoms with van der Waals surface area (Å²) in [4.78, 5) is 12.0. The molecule has 1 saturated heterocycles. The molecule has 1 amide bonds. The number of nitrogens with one attached hydrogen (secondary N) is 2. The molecule has 1 unspecified atom stereocenters. The van der Waals surface area contributed by atoms with Crippen LogP contribution in [0.25, 0.3) is 0 Å². The predicted octanol–water partition coefficient (Wildman–Crippen LogP) is 1.29. The zero-order valence-corrected chi connectivity index (χ0v) is 11.9. The minimum Gasteiger partial charge on any atom is -0.391 e. The van der Waals surface area contributed by atoms with E-state index in [0.29, 0.717) is 12.6 Å². The molecule has 0 aromatic heterocycles. The first-order chi connectivity index (χ1) is 8.58. The lowest BCUT2D eigenvalue weighted by Crippen LogP contribution is -2.44. The van der Waals surface area contributed by atoms with Gasteiger partial charge in [0.15, 0.2) is 0 Å². The number of carbonyl (C=O) groups is 1. The monoisotopic (exact) mass is 256 g/mol. The third-order valence-electron chi connectivity index (χ3n) is 4.07. The summed E-state index contributed by atoms with van der Waals surface area (Å²) < 4.78 is 0. The van der Waals surface area contributed by atoms with E-state index < -0.39 is 6.10 Å². The highest BCUT2D eigenvalue weighted by Gasteiger charge is 2.25. The number of amides is 1. The number of hydrogen-bond donors (Lipinski definition) is 3. The van der Waals surface area contributed by atoms with Gasteiger partial charge in [-0.1, -0.05) is 26.7 Å². The Morgan fingerprint density at radius 1 is 1.44 bits per heavy atom. The van der Waals surface area contributed by atoms with Crippen LogP contribution in [-0.4, -0.2) is 36.2 Å². The molecule has 0 radical (unpaired) electrons. The summed E-state index contributed by atoms with van der Waals surface area (Å²) in [6.07, 6.45) is 3.29. The number of hydrogen-bond acceptors (Lipinski definition) is 3. The van der Waals surface area contributed by atoms with Crippen molar-refractivity contribution in [1.82, 2.24) is 10.6 Å². The summed E-state index contributed by atoms with van der Waals surface area (Å²) in [5.74, 6) is 0.501. The van der Waals surface area contributed by atoms with E-state index >= 15 is 0 Å². The molecule has 18 heavy (non-hydrogen) atoms. The van der Waals surface area contributed by atoms with Crippen LogP contribution >= 0.6 is 0 Å². The van der Waals surface area contributed by atoms with Crippen LogP contribution in [0.4, 0.5) is 0 Å². The molecule has 0 aromatic carbocycles. The van der Waals surface area contributed by atoms with Gasteiger partial charge in [-0.2, -0.15) is 0 Å². The van der Waals surface area contributed by atoms with Gasteiger partial charge in [-0.25, -0.2) is 0 Å². The smallest absolute Gasteiger partial charge is 0.223 e. The summed E-state index contributed by atoms with van der Waals surface area (Å²) in [6, 6.07) is 0.415. The number of aliphatic hydroxyl groups is 1. The van der Waals surface area contributed by atoms with E-state index in [1.165, 1.54) is 0 Å². The molecule has 0 saturated carbocycles. The predicted molar refractivity (Wildman–Crippen MR) is 73.3 cm³/mol. The molecule has 0 bridgehead atoms. The van der Waals surface area contributed by atoms with Gasteiger partial charge in [0, 0.05) is 18.5 Å². The van der Waals surface area contributed by atoms with Crippen molar-refractivity contribution in [2.75, 3.05) is 13.1 Å². The van der Waals surface area contributed by atoms with Crippen molar-refractivity contribution in [3.63, 3.8) is 0 Å². The van der Waals surface area contributed by atoms with Crippen LogP contribution in [0.2, 0.25) is 0 Å². The lowest BCUT2D eigenvalue weighted by atomic mass is 9.92. The normalized spacial score (nSPS) is 26.1. The topological polar surface area (TPSA) is 61.4 Å². The molecule has 3 N–H and O–H groups in total. The molecular weight excluding hydrogens is 228 g/mol. The molecule has 1 aliphatic rings. The Morgan fingerprint density at radius 3 is 2.67 bits per heavy atom. The van der Waals surface area contributed by atoms with Crippen LogP contribution in [0.15, 0.2) is 0 Å². The maximum absolute atomic E-state index is 12.0. The van der Waals surface area contributed by atoms with Gasteiger partial charge in [-0.3, -0.25) is 4.79 Å². The van der Waals surface area contributed by atoms with Gasteiger partial charge in [0.25, 0.3) is 0 Å². The standard InChI is InChI=1S/C14H28N2O2/c1-4-11(5-2)13(17)9-16-14(18)12-6-7-15-10(3)8-12/h10-13,15,17H,4-9H2,1-3H3,(H,16,18)/t10-,12-,13?/m0/s1. The van der Waals surface area contributed by atoms with Crippen molar-refractivity contribution in [2.45, 2.75) is 58.6 Å². The van der Waals surface area contributed by atoms with Gasteiger partial charge in [-0.05, 0) is 32.2 Å². The highest BCUT2D eigenvalue weighted by Crippen LogP contribution is 2.17. The summed E-state index contributed by atoms with van der Waals surface area (Å²) in [5, 5.41) is 16.2. The van der Waals surface area contributed by atoms with Crippen molar-refractivity contribution in [1.29, 1.82) is 0 Å². The van der Waals surface area contributed by atoms with Gasteiger partial charge in [0.05, 0.1) is 6.10 Å². The molecule has 1 fully saturated rings. The Kier molecular flexibility index (Phi) is 6.65. The zero-order chi connectivity index (χ0) is 13.5. The first-order valence-corrected chi connectivity index (χ1v) is 7.27. The van der Waals surface area contributed by atoms with Crippen LogP contribution in [0.5, 0.6) is 0 Å². The van der Waals surface area contributed by atoms with Crippen LogP contribution < -0.4 is 10.6 Å². The van der Waals surface area contributed by atoms with E-state index in [-0.39, 0.29) is 17.7 Å². The highest BCUT2D eigenvalue weighted by molar-refractivity contribution is 5.78. The van der Waals surface area contributed by atoms with E-state index in [1.54, 1.807) is 0 Å². The lowest BCUT2D eigenvalue weighted by molar-refractivity contribution is -0.126. The average molecular weight is 256 g/mol. The van der Waals surface area contributed by atoms with Gasteiger partial charge in [-0.15, -0.1) is 0 Å². The number of piperidine rings is 1. The largest absolute Gasteiger partial charge is 0.391 e. The summed E-state index contributed by atoms with van der Waals surface area (Å²) >= 11 is 0. The number of carbonyl (C=O) groups excluding carboxylic acids is 1. The lowest BCUT2D eigenvalue weighted by Gasteiger charge is -2.28. The van der Waals surface area contributed by atoms with E-state index in [1.807, 2.05) is 0 Å². The molecule has 0 spiro atoms. The fourth-order valence-electron chi connectivity index (χ4n) is 2.72. The molecule has 0 aromatic rings. The third-order valence-corrected chi connectivity index (χ3v) is 4.07. The van der Waals surface area contributed by atoms with Crippen molar-refractivity contribution < 1.29 is 9.90 Å².